The number of esters is 1. The lowest BCUT2D eigenvalue weighted by atomic mass is 10.2. The minimum Gasteiger partial charge on any atom is -0.449 e. The highest BCUT2D eigenvalue weighted by Gasteiger charge is 2.16. The molecule has 0 saturated heterocycles. The van der Waals surface area contributed by atoms with E-state index in [0.29, 0.717) is 10.0 Å². The maximum Gasteiger partial charge on any atom is 0.331 e. The van der Waals surface area contributed by atoms with E-state index < -0.39 is 18.0 Å². The number of thiazole rings is 1. The summed E-state index contributed by atoms with van der Waals surface area (Å²) in [5, 5.41) is 3.97. The van der Waals surface area contributed by atoms with E-state index in [1.807, 2.05) is 42.5 Å². The molecule has 0 radical (unpaired) electrons. The average molecular weight is 401 g/mol. The Hall–Kier alpha value is -2.70. The van der Waals surface area contributed by atoms with E-state index in [1.54, 1.807) is 12.1 Å². The number of hydrogen-bond acceptors (Lipinski definition) is 5. The summed E-state index contributed by atoms with van der Waals surface area (Å²) in [5.41, 5.74) is 1.67. The van der Waals surface area contributed by atoms with E-state index in [2.05, 4.69) is 10.3 Å². The molecule has 0 bridgehead atoms. The Morgan fingerprint density at radius 1 is 1.22 bits per heavy atom. The predicted octanol–water partition coefficient (Wildman–Crippen LogP) is 4.21. The lowest BCUT2D eigenvalue weighted by molar-refractivity contribution is -0.150. The first-order valence-electron chi connectivity index (χ1n) is 8.28. The molecule has 0 saturated carbocycles. The van der Waals surface area contributed by atoms with Crippen molar-refractivity contribution >= 4 is 51.1 Å². The number of carbonyl (C=O) groups is 2. The fraction of sp³-hybridized carbons (Fsp3) is 0.150. The van der Waals surface area contributed by atoms with Gasteiger partial charge < -0.3 is 10.1 Å². The molecule has 0 unspecified atom stereocenters. The monoisotopic (exact) mass is 400 g/mol. The van der Waals surface area contributed by atoms with Crippen LogP contribution >= 0.6 is 22.9 Å². The van der Waals surface area contributed by atoms with Crippen molar-refractivity contribution in [3.63, 3.8) is 0 Å². The molecule has 1 atom stereocenters. The minimum absolute atomic E-state index is 0.266. The molecule has 0 aliphatic carbocycles. The number of fused-ring (bicyclic) bond motifs is 1. The summed E-state index contributed by atoms with van der Waals surface area (Å²) in [4.78, 5) is 28.4. The predicted molar refractivity (Wildman–Crippen MR) is 108 cm³/mol. The Morgan fingerprint density at radius 3 is 2.74 bits per heavy atom. The Kier molecular flexibility index (Phi) is 6.21. The maximum atomic E-state index is 12.1. The molecule has 0 aliphatic heterocycles. The number of aromatic nitrogens is 1. The zero-order valence-corrected chi connectivity index (χ0v) is 16.1. The summed E-state index contributed by atoms with van der Waals surface area (Å²) < 4.78 is 6.17. The van der Waals surface area contributed by atoms with Crippen molar-refractivity contribution < 1.29 is 14.3 Å². The van der Waals surface area contributed by atoms with Crippen LogP contribution in [0.5, 0.6) is 0 Å². The Balaban J connectivity index is 1.52. The van der Waals surface area contributed by atoms with Crippen LogP contribution in [0.15, 0.2) is 54.6 Å². The Labute approximate surface area is 165 Å². The van der Waals surface area contributed by atoms with Crippen molar-refractivity contribution in [3.8, 4) is 0 Å². The van der Waals surface area contributed by atoms with E-state index in [0.717, 1.165) is 15.8 Å². The quantitative estimate of drug-likeness (QED) is 0.497. The molecule has 1 amide bonds. The fourth-order valence-corrected chi connectivity index (χ4v) is 3.41. The number of nitrogens with zero attached hydrogens (tertiary/aromatic N) is 1. The third kappa shape index (κ3) is 5.15. The van der Waals surface area contributed by atoms with Crippen LogP contribution in [0.1, 0.15) is 17.5 Å². The summed E-state index contributed by atoms with van der Waals surface area (Å²) in [6.07, 6.45) is 1.94. The van der Waals surface area contributed by atoms with Crippen molar-refractivity contribution in [1.82, 2.24) is 10.3 Å². The van der Waals surface area contributed by atoms with Gasteiger partial charge in [-0.05, 0) is 36.8 Å². The zero-order chi connectivity index (χ0) is 19.2. The van der Waals surface area contributed by atoms with Crippen molar-refractivity contribution in [3.05, 3.63) is 70.2 Å². The summed E-state index contributed by atoms with van der Waals surface area (Å²) in [6.45, 7) is 1.79. The molecule has 0 fully saturated rings. The number of amides is 1. The van der Waals surface area contributed by atoms with Crippen LogP contribution in [0.25, 0.3) is 16.3 Å². The van der Waals surface area contributed by atoms with Crippen LogP contribution in [0.2, 0.25) is 5.02 Å². The number of rotatable bonds is 6. The minimum atomic E-state index is -0.917. The van der Waals surface area contributed by atoms with Gasteiger partial charge in [-0.3, -0.25) is 4.79 Å². The second kappa shape index (κ2) is 8.79. The smallest absolute Gasteiger partial charge is 0.331 e. The zero-order valence-electron chi connectivity index (χ0n) is 14.5. The van der Waals surface area contributed by atoms with E-state index in [1.165, 1.54) is 24.3 Å². The van der Waals surface area contributed by atoms with Crippen LogP contribution in [-0.4, -0.2) is 23.0 Å². The topological polar surface area (TPSA) is 68.3 Å². The lowest BCUT2D eigenvalue weighted by Gasteiger charge is -2.12. The normalized spacial score (nSPS) is 12.2. The lowest BCUT2D eigenvalue weighted by Crippen LogP contribution is -2.35. The second-order valence-electron chi connectivity index (χ2n) is 5.74. The SMILES string of the molecule is C[C@H](OC(=O)/C=C/c1nc2ccccc2s1)C(=O)NCc1ccccc1Cl. The van der Waals surface area contributed by atoms with Crippen molar-refractivity contribution in [2.24, 2.45) is 0 Å². The molecular weight excluding hydrogens is 384 g/mol. The van der Waals surface area contributed by atoms with Gasteiger partial charge in [-0.2, -0.15) is 0 Å². The highest BCUT2D eigenvalue weighted by molar-refractivity contribution is 7.19. The largest absolute Gasteiger partial charge is 0.449 e. The summed E-state index contributed by atoms with van der Waals surface area (Å²) in [6, 6.07) is 14.9. The molecule has 1 aromatic heterocycles. The summed E-state index contributed by atoms with van der Waals surface area (Å²) in [7, 11) is 0. The molecule has 1 heterocycles. The van der Waals surface area contributed by atoms with Gasteiger partial charge in [0.05, 0.1) is 10.2 Å². The van der Waals surface area contributed by atoms with Gasteiger partial charge in [0, 0.05) is 17.6 Å². The number of ether oxygens (including phenoxy) is 1. The highest BCUT2D eigenvalue weighted by atomic mass is 35.5. The van der Waals surface area contributed by atoms with Gasteiger partial charge in [0.15, 0.2) is 6.10 Å². The van der Waals surface area contributed by atoms with Gasteiger partial charge in [-0.25, -0.2) is 9.78 Å². The molecule has 1 N–H and O–H groups in total. The third-order valence-electron chi connectivity index (χ3n) is 3.75. The molecular formula is C20H17ClN2O3S. The van der Waals surface area contributed by atoms with E-state index in [9.17, 15) is 9.59 Å². The van der Waals surface area contributed by atoms with Gasteiger partial charge in [0.25, 0.3) is 5.91 Å². The van der Waals surface area contributed by atoms with E-state index >= 15 is 0 Å². The molecule has 2 aromatic carbocycles. The summed E-state index contributed by atoms with van der Waals surface area (Å²) in [5.74, 6) is -0.994. The van der Waals surface area contributed by atoms with Crippen molar-refractivity contribution in [1.29, 1.82) is 0 Å². The van der Waals surface area contributed by atoms with Crippen molar-refractivity contribution in [2.45, 2.75) is 19.6 Å². The van der Waals surface area contributed by atoms with Gasteiger partial charge in [-0.15, -0.1) is 11.3 Å². The highest BCUT2D eigenvalue weighted by Crippen LogP contribution is 2.22. The molecule has 3 rings (SSSR count). The Bertz CT molecular complexity index is 967. The molecule has 138 valence electrons. The number of nitrogens with one attached hydrogen (secondary N) is 1. The molecule has 0 spiro atoms. The van der Waals surface area contributed by atoms with Crippen LogP contribution < -0.4 is 5.32 Å². The van der Waals surface area contributed by atoms with E-state index in [4.69, 9.17) is 16.3 Å². The molecule has 5 nitrogen and oxygen atoms in total. The molecule has 3 aromatic rings. The molecule has 0 aliphatic rings. The number of benzene rings is 2. The number of halogens is 1. The van der Waals surface area contributed by atoms with Gasteiger partial charge in [0.1, 0.15) is 5.01 Å². The second-order valence-corrected chi connectivity index (χ2v) is 7.21. The third-order valence-corrected chi connectivity index (χ3v) is 5.12. The first-order chi connectivity index (χ1) is 13.0. The van der Waals surface area contributed by atoms with Crippen LogP contribution in [0.3, 0.4) is 0 Å². The van der Waals surface area contributed by atoms with Gasteiger partial charge in [-0.1, -0.05) is 41.9 Å². The van der Waals surface area contributed by atoms with Gasteiger partial charge in [0.2, 0.25) is 0 Å². The van der Waals surface area contributed by atoms with Crippen LogP contribution in [0, 0.1) is 0 Å². The average Bonchev–Trinajstić information content (AvgIpc) is 3.08. The van der Waals surface area contributed by atoms with Crippen LogP contribution in [-0.2, 0) is 20.9 Å². The standard InChI is InChI=1S/C20H17ClN2O3S/c1-13(20(25)22-12-14-6-2-3-7-15(14)21)26-19(24)11-10-18-23-16-8-4-5-9-17(16)27-18/h2-11,13H,12H2,1H3,(H,22,25)/b11-10+/t13-/m0/s1. The van der Waals surface area contributed by atoms with Crippen LogP contribution in [0.4, 0.5) is 0 Å². The first-order valence-corrected chi connectivity index (χ1v) is 9.48. The van der Waals surface area contributed by atoms with Crippen molar-refractivity contribution in [2.75, 3.05) is 0 Å². The molecule has 27 heavy (non-hydrogen) atoms. The molecule has 7 heteroatoms. The van der Waals surface area contributed by atoms with E-state index in [-0.39, 0.29) is 6.54 Å². The Morgan fingerprint density at radius 2 is 1.96 bits per heavy atom. The fourth-order valence-electron chi connectivity index (χ4n) is 2.34. The maximum absolute atomic E-state index is 12.1. The number of carbonyl (C=O) groups excluding carboxylic acids is 2. The first kappa shape index (κ1) is 19.1. The van der Waals surface area contributed by atoms with Gasteiger partial charge >= 0.3 is 5.97 Å². The number of hydrogen-bond donors (Lipinski definition) is 1. The number of para-hydroxylation sites is 1. The summed E-state index contributed by atoms with van der Waals surface area (Å²) >= 11 is 7.52.